The van der Waals surface area contributed by atoms with Gasteiger partial charge in [-0.2, -0.15) is 0 Å². The number of carbonyl (C=O) groups excluding carboxylic acids is 1. The van der Waals surface area contributed by atoms with E-state index in [1.54, 1.807) is 17.9 Å². The highest BCUT2D eigenvalue weighted by Crippen LogP contribution is 2.06. The molecule has 2 N–H and O–H groups in total. The molecule has 1 saturated heterocycles. The van der Waals surface area contributed by atoms with Crippen molar-refractivity contribution >= 4 is 5.91 Å². The number of aromatic nitrogens is 3. The van der Waals surface area contributed by atoms with E-state index in [2.05, 4.69) is 20.9 Å². The van der Waals surface area contributed by atoms with E-state index in [1.165, 1.54) is 6.42 Å². The molecule has 1 atom stereocenters. The summed E-state index contributed by atoms with van der Waals surface area (Å²) in [5, 5.41) is 13.6. The van der Waals surface area contributed by atoms with Crippen LogP contribution in [0.25, 0.3) is 0 Å². The summed E-state index contributed by atoms with van der Waals surface area (Å²) in [6.07, 6.45) is 4.05. The van der Waals surface area contributed by atoms with Crippen molar-refractivity contribution in [1.29, 1.82) is 0 Å². The number of hydrogen-bond acceptors (Lipinski definition) is 4. The van der Waals surface area contributed by atoms with Crippen molar-refractivity contribution in [2.45, 2.75) is 25.4 Å². The quantitative estimate of drug-likeness (QED) is 0.696. The monoisotopic (exact) mass is 209 g/mol. The van der Waals surface area contributed by atoms with Gasteiger partial charge >= 0.3 is 0 Å². The molecule has 1 amide bonds. The van der Waals surface area contributed by atoms with E-state index in [0.717, 1.165) is 19.5 Å². The van der Waals surface area contributed by atoms with Gasteiger partial charge in [0.15, 0.2) is 5.69 Å². The molecule has 1 unspecified atom stereocenters. The minimum absolute atomic E-state index is 0.194. The van der Waals surface area contributed by atoms with Gasteiger partial charge in [0.25, 0.3) is 5.91 Å². The van der Waals surface area contributed by atoms with E-state index in [4.69, 9.17) is 0 Å². The lowest BCUT2D eigenvalue weighted by molar-refractivity contribution is 0.0958. The summed E-state index contributed by atoms with van der Waals surface area (Å²) in [6, 6.07) is 0.462. The Hall–Kier alpha value is -1.43. The smallest absolute Gasteiger partial charge is 0.273 e. The van der Waals surface area contributed by atoms with Crippen LogP contribution in [0.4, 0.5) is 0 Å². The summed E-state index contributed by atoms with van der Waals surface area (Å²) in [5.74, 6) is -0.194. The Morgan fingerprint density at radius 2 is 2.67 bits per heavy atom. The maximum absolute atomic E-state index is 11.2. The second kappa shape index (κ2) is 4.39. The van der Waals surface area contributed by atoms with Gasteiger partial charge in [-0.25, -0.2) is 0 Å². The van der Waals surface area contributed by atoms with Gasteiger partial charge in [0, 0.05) is 13.1 Å². The highest BCUT2D eigenvalue weighted by molar-refractivity contribution is 5.91. The van der Waals surface area contributed by atoms with Crippen molar-refractivity contribution in [3.63, 3.8) is 0 Å². The SMILES string of the molecule is CNC(=O)c1cn(CC2CCCN2)nn1. The fourth-order valence-corrected chi connectivity index (χ4v) is 1.76. The van der Waals surface area contributed by atoms with Crippen molar-refractivity contribution in [3.05, 3.63) is 11.9 Å². The minimum Gasteiger partial charge on any atom is -0.354 e. The van der Waals surface area contributed by atoms with Gasteiger partial charge in [-0.05, 0) is 19.4 Å². The average Bonchev–Trinajstić information content (AvgIpc) is 2.88. The van der Waals surface area contributed by atoms with Crippen molar-refractivity contribution in [2.24, 2.45) is 0 Å². The number of nitrogens with zero attached hydrogens (tertiary/aromatic N) is 3. The maximum Gasteiger partial charge on any atom is 0.273 e. The predicted octanol–water partition coefficient (Wildman–Crippen LogP) is -0.610. The van der Waals surface area contributed by atoms with Crippen LogP contribution in [-0.4, -0.2) is 40.5 Å². The number of rotatable bonds is 3. The molecular weight excluding hydrogens is 194 g/mol. The van der Waals surface area contributed by atoms with Crippen LogP contribution in [-0.2, 0) is 6.54 Å². The molecule has 15 heavy (non-hydrogen) atoms. The molecule has 0 aromatic carbocycles. The van der Waals surface area contributed by atoms with Crippen LogP contribution in [0.5, 0.6) is 0 Å². The number of hydrogen-bond donors (Lipinski definition) is 2. The highest BCUT2D eigenvalue weighted by Gasteiger charge is 2.16. The van der Waals surface area contributed by atoms with Gasteiger partial charge in [0.05, 0.1) is 12.7 Å². The second-order valence-electron chi connectivity index (χ2n) is 3.70. The third kappa shape index (κ3) is 2.33. The van der Waals surface area contributed by atoms with Crippen LogP contribution in [0.1, 0.15) is 23.3 Å². The van der Waals surface area contributed by atoms with E-state index in [0.29, 0.717) is 11.7 Å². The van der Waals surface area contributed by atoms with Gasteiger partial charge in [-0.3, -0.25) is 9.48 Å². The number of carbonyl (C=O) groups is 1. The van der Waals surface area contributed by atoms with Crippen LogP contribution in [0.15, 0.2) is 6.20 Å². The van der Waals surface area contributed by atoms with Gasteiger partial charge in [-0.1, -0.05) is 5.21 Å². The molecule has 1 aliphatic rings. The fourth-order valence-electron chi connectivity index (χ4n) is 1.76. The lowest BCUT2D eigenvalue weighted by atomic mass is 10.2. The number of amides is 1. The Morgan fingerprint density at radius 3 is 3.33 bits per heavy atom. The first-order valence-electron chi connectivity index (χ1n) is 5.15. The Balaban J connectivity index is 1.97. The van der Waals surface area contributed by atoms with Crippen molar-refractivity contribution < 1.29 is 4.79 Å². The first-order valence-corrected chi connectivity index (χ1v) is 5.15. The molecule has 0 radical (unpaired) electrons. The average molecular weight is 209 g/mol. The Bertz CT molecular complexity index is 342. The Morgan fingerprint density at radius 1 is 1.80 bits per heavy atom. The first-order chi connectivity index (χ1) is 7.29. The molecule has 1 aliphatic heterocycles. The third-order valence-corrected chi connectivity index (χ3v) is 2.57. The zero-order chi connectivity index (χ0) is 10.7. The van der Waals surface area contributed by atoms with Crippen LogP contribution < -0.4 is 10.6 Å². The summed E-state index contributed by atoms with van der Waals surface area (Å²) in [6.45, 7) is 1.85. The molecule has 82 valence electrons. The van der Waals surface area contributed by atoms with Crippen LogP contribution >= 0.6 is 0 Å². The normalized spacial score (nSPS) is 20.5. The third-order valence-electron chi connectivity index (χ3n) is 2.57. The van der Waals surface area contributed by atoms with E-state index >= 15 is 0 Å². The molecule has 0 aliphatic carbocycles. The maximum atomic E-state index is 11.2. The zero-order valence-electron chi connectivity index (χ0n) is 8.73. The molecule has 6 heteroatoms. The molecule has 0 saturated carbocycles. The fraction of sp³-hybridized carbons (Fsp3) is 0.667. The summed E-state index contributed by atoms with van der Waals surface area (Å²) in [4.78, 5) is 11.2. The summed E-state index contributed by atoms with van der Waals surface area (Å²) < 4.78 is 1.72. The van der Waals surface area contributed by atoms with E-state index in [-0.39, 0.29) is 5.91 Å². The van der Waals surface area contributed by atoms with Crippen molar-refractivity contribution in [2.75, 3.05) is 13.6 Å². The molecule has 0 spiro atoms. The second-order valence-corrected chi connectivity index (χ2v) is 3.70. The van der Waals surface area contributed by atoms with Crippen LogP contribution in [0.3, 0.4) is 0 Å². The molecule has 2 rings (SSSR count). The van der Waals surface area contributed by atoms with Crippen molar-refractivity contribution in [1.82, 2.24) is 25.6 Å². The molecular formula is C9H15N5O. The molecule has 2 heterocycles. The van der Waals surface area contributed by atoms with Crippen LogP contribution in [0.2, 0.25) is 0 Å². The molecule has 1 fully saturated rings. The van der Waals surface area contributed by atoms with E-state index in [1.807, 2.05) is 0 Å². The van der Waals surface area contributed by atoms with E-state index in [9.17, 15) is 4.79 Å². The first kappa shape index (κ1) is 10.1. The molecule has 1 aromatic rings. The Labute approximate surface area is 88.0 Å². The molecule has 0 bridgehead atoms. The van der Waals surface area contributed by atoms with Gasteiger partial charge < -0.3 is 10.6 Å². The standard InChI is InChI=1S/C9H15N5O/c1-10-9(15)8-6-14(13-12-8)5-7-3-2-4-11-7/h6-7,11H,2-5H2,1H3,(H,10,15). The van der Waals surface area contributed by atoms with Crippen LogP contribution in [0, 0.1) is 0 Å². The Kier molecular flexibility index (Phi) is 2.96. The van der Waals surface area contributed by atoms with E-state index < -0.39 is 0 Å². The summed E-state index contributed by atoms with van der Waals surface area (Å²) in [5.41, 5.74) is 0.371. The van der Waals surface area contributed by atoms with Gasteiger partial charge in [0.2, 0.25) is 0 Å². The van der Waals surface area contributed by atoms with Gasteiger partial charge in [0.1, 0.15) is 0 Å². The topological polar surface area (TPSA) is 71.8 Å². The largest absolute Gasteiger partial charge is 0.354 e. The molecule has 6 nitrogen and oxygen atoms in total. The summed E-state index contributed by atoms with van der Waals surface area (Å²) in [7, 11) is 1.58. The summed E-state index contributed by atoms with van der Waals surface area (Å²) >= 11 is 0. The zero-order valence-corrected chi connectivity index (χ0v) is 8.73. The van der Waals surface area contributed by atoms with Gasteiger partial charge in [-0.15, -0.1) is 5.10 Å². The predicted molar refractivity (Wildman–Crippen MR) is 54.4 cm³/mol. The lowest BCUT2D eigenvalue weighted by Gasteiger charge is -2.08. The highest BCUT2D eigenvalue weighted by atomic mass is 16.1. The molecule has 1 aromatic heterocycles. The number of nitrogens with one attached hydrogen (secondary N) is 2. The van der Waals surface area contributed by atoms with Crippen molar-refractivity contribution in [3.8, 4) is 0 Å². The lowest BCUT2D eigenvalue weighted by Crippen LogP contribution is -2.27. The minimum atomic E-state index is -0.194.